The third kappa shape index (κ3) is 6.64. The average molecular weight is 620 g/mol. The van der Waals surface area contributed by atoms with Gasteiger partial charge in [0.05, 0.1) is 43.3 Å². The number of pyridine rings is 2. The van der Waals surface area contributed by atoms with E-state index in [1.165, 1.54) is 30.1 Å². The summed E-state index contributed by atoms with van der Waals surface area (Å²) in [5.41, 5.74) is 0.228. The van der Waals surface area contributed by atoms with Crippen molar-refractivity contribution in [2.75, 3.05) is 24.3 Å². The van der Waals surface area contributed by atoms with Crippen molar-refractivity contribution in [2.45, 2.75) is 59.3 Å². The topological polar surface area (TPSA) is 150 Å². The van der Waals surface area contributed by atoms with E-state index < -0.39 is 35.1 Å². The van der Waals surface area contributed by atoms with E-state index in [1.54, 1.807) is 65.9 Å². The first kappa shape index (κ1) is 31.2. The highest BCUT2D eigenvalue weighted by molar-refractivity contribution is 6.10. The molecule has 0 spiro atoms. The van der Waals surface area contributed by atoms with Crippen LogP contribution in [0.4, 0.5) is 31.2 Å². The Morgan fingerprint density at radius 1 is 1.00 bits per heavy atom. The molecule has 13 nitrogen and oxygen atoms in total. The van der Waals surface area contributed by atoms with E-state index in [4.69, 9.17) is 19.3 Å². The molecule has 0 saturated carbocycles. The summed E-state index contributed by atoms with van der Waals surface area (Å²) in [6, 6.07) is 7.63. The number of carbonyl (C=O) groups is 3. The van der Waals surface area contributed by atoms with Crippen molar-refractivity contribution in [3.63, 3.8) is 0 Å². The molecule has 0 atom stereocenters. The number of anilines is 3. The Morgan fingerprint density at radius 3 is 2.42 bits per heavy atom. The highest BCUT2D eigenvalue weighted by Gasteiger charge is 2.37. The van der Waals surface area contributed by atoms with Gasteiger partial charge < -0.3 is 19.5 Å². The average Bonchev–Trinajstić information content (AvgIpc) is 3.29. The van der Waals surface area contributed by atoms with E-state index in [1.807, 2.05) is 0 Å². The number of fused-ring (bicyclic) bond motifs is 2. The second kappa shape index (κ2) is 11.7. The summed E-state index contributed by atoms with van der Waals surface area (Å²) in [5, 5.41) is 11.1. The second-order valence-corrected chi connectivity index (χ2v) is 12.3. The van der Waals surface area contributed by atoms with Crippen molar-refractivity contribution in [1.29, 1.82) is 0 Å². The molecule has 0 fully saturated rings. The standard InChI is InChI=1S/C31H34FN7O6/c1-30(2,3)44-28(41)36-22-15-18-17(11-12-33-21(18)16-34-22)23-24(35-20-10-8-9-19(32)26(20)43-7)25-27(40)38(13-14-39(25)37-23)29(42)45-31(4,5)6/h8-12,15-16,35H,13-14H2,1-7H3,(H,34,36,41). The molecule has 45 heavy (non-hydrogen) atoms. The van der Waals surface area contributed by atoms with Crippen molar-refractivity contribution >= 4 is 46.2 Å². The van der Waals surface area contributed by atoms with E-state index in [0.29, 0.717) is 22.2 Å². The van der Waals surface area contributed by atoms with Crippen molar-refractivity contribution < 1.29 is 33.0 Å². The first-order valence-electron chi connectivity index (χ1n) is 14.2. The first-order valence-corrected chi connectivity index (χ1v) is 14.2. The van der Waals surface area contributed by atoms with Crippen molar-refractivity contribution in [3.8, 4) is 17.0 Å². The van der Waals surface area contributed by atoms with Gasteiger partial charge in [0.2, 0.25) is 0 Å². The van der Waals surface area contributed by atoms with Gasteiger partial charge in [0.15, 0.2) is 17.3 Å². The van der Waals surface area contributed by atoms with Crippen LogP contribution >= 0.6 is 0 Å². The molecule has 4 heterocycles. The molecule has 14 heteroatoms. The van der Waals surface area contributed by atoms with Gasteiger partial charge in [-0.25, -0.2) is 23.9 Å². The Labute approximate surface area is 258 Å². The first-order chi connectivity index (χ1) is 21.1. The minimum Gasteiger partial charge on any atom is -0.492 e. The highest BCUT2D eigenvalue weighted by Crippen LogP contribution is 2.40. The fraction of sp³-hybridized carbons (Fsp3) is 0.355. The van der Waals surface area contributed by atoms with Crippen molar-refractivity contribution in [2.24, 2.45) is 0 Å². The summed E-state index contributed by atoms with van der Waals surface area (Å²) < 4.78 is 32.4. The maximum atomic E-state index is 14.7. The third-order valence-corrected chi connectivity index (χ3v) is 6.49. The monoisotopic (exact) mass is 619 g/mol. The molecule has 1 aromatic carbocycles. The van der Waals surface area contributed by atoms with Gasteiger partial charge in [-0.3, -0.25) is 19.8 Å². The zero-order valence-electron chi connectivity index (χ0n) is 26.0. The minimum atomic E-state index is -0.828. The predicted molar refractivity (Wildman–Crippen MR) is 164 cm³/mol. The molecule has 3 amide bonds. The number of imide groups is 1. The van der Waals surface area contributed by atoms with Crippen LogP contribution in [0.2, 0.25) is 0 Å². The molecule has 0 radical (unpaired) electrons. The SMILES string of the molecule is COc1c(F)cccc1Nc1c(-c2ccnc3cnc(NC(=O)OC(C)(C)C)cc23)nn2c1C(=O)N(C(=O)OC(C)(C)C)CC2. The molecule has 5 rings (SSSR count). The number of methoxy groups -OCH3 is 1. The maximum absolute atomic E-state index is 14.7. The quantitative estimate of drug-likeness (QED) is 0.267. The second-order valence-electron chi connectivity index (χ2n) is 12.3. The molecule has 1 aliphatic heterocycles. The number of aromatic nitrogens is 4. The summed E-state index contributed by atoms with van der Waals surface area (Å²) in [7, 11) is 1.33. The molecule has 236 valence electrons. The van der Waals surface area contributed by atoms with Gasteiger partial charge in [-0.05, 0) is 65.8 Å². The van der Waals surface area contributed by atoms with E-state index in [0.717, 1.165) is 4.90 Å². The summed E-state index contributed by atoms with van der Waals surface area (Å²) >= 11 is 0. The summed E-state index contributed by atoms with van der Waals surface area (Å²) in [5.74, 6) is -1.16. The normalized spacial score (nSPS) is 13.3. The van der Waals surface area contributed by atoms with E-state index in [2.05, 4.69) is 20.6 Å². The Balaban J connectivity index is 1.66. The van der Waals surface area contributed by atoms with E-state index in [-0.39, 0.29) is 41.7 Å². The molecule has 3 aromatic heterocycles. The summed E-state index contributed by atoms with van der Waals surface area (Å²) in [6.07, 6.45) is 1.55. The lowest BCUT2D eigenvalue weighted by Gasteiger charge is -2.29. The number of halogens is 1. The Morgan fingerprint density at radius 2 is 1.73 bits per heavy atom. The number of hydrogen-bond acceptors (Lipinski definition) is 10. The highest BCUT2D eigenvalue weighted by atomic mass is 19.1. The minimum absolute atomic E-state index is 0.0234. The predicted octanol–water partition coefficient (Wildman–Crippen LogP) is 6.12. The van der Waals surface area contributed by atoms with Crippen LogP contribution in [0.3, 0.4) is 0 Å². The van der Waals surface area contributed by atoms with Crippen LogP contribution < -0.4 is 15.4 Å². The molecular formula is C31H34FN7O6. The number of nitrogens with zero attached hydrogens (tertiary/aromatic N) is 5. The van der Waals surface area contributed by atoms with Crippen LogP contribution in [0.1, 0.15) is 52.0 Å². The van der Waals surface area contributed by atoms with Crippen molar-refractivity contribution in [3.05, 3.63) is 54.2 Å². The van der Waals surface area contributed by atoms with Gasteiger partial charge in [-0.15, -0.1) is 0 Å². The van der Waals surface area contributed by atoms with Crippen LogP contribution in [0.15, 0.2) is 42.7 Å². The molecular weight excluding hydrogens is 585 g/mol. The number of para-hydroxylation sites is 1. The van der Waals surface area contributed by atoms with Gasteiger partial charge in [0.1, 0.15) is 22.7 Å². The number of ether oxygens (including phenoxy) is 3. The third-order valence-electron chi connectivity index (χ3n) is 6.49. The fourth-order valence-electron chi connectivity index (χ4n) is 4.74. The largest absolute Gasteiger partial charge is 0.492 e. The number of nitrogens with one attached hydrogen (secondary N) is 2. The van der Waals surface area contributed by atoms with Gasteiger partial charge in [-0.1, -0.05) is 6.07 Å². The molecule has 1 aliphatic rings. The van der Waals surface area contributed by atoms with Gasteiger partial charge >= 0.3 is 12.2 Å². The lowest BCUT2D eigenvalue weighted by atomic mass is 10.0. The lowest BCUT2D eigenvalue weighted by molar-refractivity contribution is 0.0210. The molecule has 0 unspecified atom stereocenters. The molecule has 2 N–H and O–H groups in total. The van der Waals surface area contributed by atoms with Crippen molar-refractivity contribution in [1.82, 2.24) is 24.6 Å². The van der Waals surface area contributed by atoms with Gasteiger partial charge in [0, 0.05) is 17.1 Å². The maximum Gasteiger partial charge on any atom is 0.417 e. The van der Waals surface area contributed by atoms with Crippen LogP contribution in [-0.4, -0.2) is 67.6 Å². The summed E-state index contributed by atoms with van der Waals surface area (Å²) in [4.78, 5) is 49.1. The lowest BCUT2D eigenvalue weighted by Crippen LogP contribution is -2.46. The Hall–Kier alpha value is -5.27. The Bertz CT molecular complexity index is 1810. The number of amides is 3. The van der Waals surface area contributed by atoms with Crippen LogP contribution in [0.25, 0.3) is 22.2 Å². The van der Waals surface area contributed by atoms with Crippen LogP contribution in [0.5, 0.6) is 5.75 Å². The Kier molecular flexibility index (Phi) is 8.08. The van der Waals surface area contributed by atoms with E-state index >= 15 is 0 Å². The summed E-state index contributed by atoms with van der Waals surface area (Å²) in [6.45, 7) is 10.6. The number of carbonyl (C=O) groups excluding carboxylic acids is 3. The fourth-order valence-corrected chi connectivity index (χ4v) is 4.74. The van der Waals surface area contributed by atoms with Crippen LogP contribution in [-0.2, 0) is 16.0 Å². The number of benzene rings is 1. The van der Waals surface area contributed by atoms with Gasteiger partial charge in [-0.2, -0.15) is 5.10 Å². The number of rotatable bonds is 5. The number of hydrogen-bond donors (Lipinski definition) is 2. The smallest absolute Gasteiger partial charge is 0.417 e. The zero-order valence-corrected chi connectivity index (χ0v) is 26.0. The molecule has 0 bridgehead atoms. The van der Waals surface area contributed by atoms with Gasteiger partial charge in [0.25, 0.3) is 5.91 Å². The molecule has 4 aromatic rings. The zero-order chi connectivity index (χ0) is 32.7. The van der Waals surface area contributed by atoms with Crippen LogP contribution in [0, 0.1) is 5.82 Å². The molecule has 0 aliphatic carbocycles. The van der Waals surface area contributed by atoms with E-state index in [9.17, 15) is 18.8 Å². The molecule has 0 saturated heterocycles.